The summed E-state index contributed by atoms with van der Waals surface area (Å²) in [5, 5.41) is 12.5. The van der Waals surface area contributed by atoms with Crippen molar-refractivity contribution in [2.75, 3.05) is 20.3 Å². The number of hydrogen-bond donors (Lipinski definition) is 2. The molecule has 20 heavy (non-hydrogen) atoms. The molecule has 1 amide bonds. The van der Waals surface area contributed by atoms with E-state index < -0.39 is 6.10 Å². The van der Waals surface area contributed by atoms with E-state index in [2.05, 4.69) is 19.2 Å². The first-order valence-corrected chi connectivity index (χ1v) is 7.99. The van der Waals surface area contributed by atoms with Gasteiger partial charge in [-0.1, -0.05) is 46.0 Å². The third kappa shape index (κ3) is 6.23. The number of aliphatic hydroxyl groups is 1. The largest absolute Gasteiger partial charge is 0.389 e. The van der Waals surface area contributed by atoms with Crippen LogP contribution in [0, 0.1) is 17.8 Å². The van der Waals surface area contributed by atoms with Gasteiger partial charge in [-0.3, -0.25) is 4.79 Å². The molecule has 0 spiro atoms. The predicted molar refractivity (Wildman–Crippen MR) is 80.4 cm³/mol. The van der Waals surface area contributed by atoms with E-state index in [0.29, 0.717) is 11.8 Å². The highest BCUT2D eigenvalue weighted by Crippen LogP contribution is 2.31. The Labute approximate surface area is 123 Å². The van der Waals surface area contributed by atoms with Crippen molar-refractivity contribution in [3.8, 4) is 0 Å². The Morgan fingerprint density at radius 1 is 1.30 bits per heavy atom. The van der Waals surface area contributed by atoms with E-state index in [1.54, 1.807) is 7.11 Å². The minimum atomic E-state index is -0.619. The first kappa shape index (κ1) is 17.4. The SMILES string of the molecule is COCC(O)CNC(=O)C(CC1CCCCC1)C(C)C. The molecule has 0 aromatic rings. The molecular weight excluding hydrogens is 254 g/mol. The maximum absolute atomic E-state index is 12.3. The Kier molecular flexibility index (Phi) is 8.15. The number of carbonyl (C=O) groups is 1. The number of hydrogen-bond acceptors (Lipinski definition) is 3. The van der Waals surface area contributed by atoms with E-state index in [0.717, 1.165) is 6.42 Å². The first-order valence-electron chi connectivity index (χ1n) is 7.99. The molecular formula is C16H31NO3. The molecule has 1 aliphatic rings. The summed E-state index contributed by atoms with van der Waals surface area (Å²) in [7, 11) is 1.55. The predicted octanol–water partition coefficient (Wildman–Crippen LogP) is 2.35. The van der Waals surface area contributed by atoms with Crippen LogP contribution in [-0.2, 0) is 9.53 Å². The van der Waals surface area contributed by atoms with Gasteiger partial charge in [0.15, 0.2) is 0 Å². The van der Waals surface area contributed by atoms with Crippen LogP contribution in [0.4, 0.5) is 0 Å². The number of rotatable bonds is 8. The second-order valence-corrected chi connectivity index (χ2v) is 6.44. The summed E-state index contributed by atoms with van der Waals surface area (Å²) in [6.45, 7) is 4.76. The second-order valence-electron chi connectivity index (χ2n) is 6.44. The van der Waals surface area contributed by atoms with Gasteiger partial charge in [0.2, 0.25) is 5.91 Å². The summed E-state index contributed by atoms with van der Waals surface area (Å²) in [5.74, 6) is 1.19. The fraction of sp³-hybridized carbons (Fsp3) is 0.938. The molecule has 4 nitrogen and oxygen atoms in total. The third-order valence-corrected chi connectivity index (χ3v) is 4.32. The lowest BCUT2D eigenvalue weighted by molar-refractivity contribution is -0.127. The molecule has 0 bridgehead atoms. The van der Waals surface area contributed by atoms with Crippen LogP contribution in [0.2, 0.25) is 0 Å². The Bertz CT molecular complexity index is 275. The maximum atomic E-state index is 12.3. The van der Waals surface area contributed by atoms with Gasteiger partial charge in [-0.15, -0.1) is 0 Å². The zero-order valence-corrected chi connectivity index (χ0v) is 13.2. The molecule has 1 rings (SSSR count). The van der Waals surface area contributed by atoms with Crippen molar-refractivity contribution < 1.29 is 14.6 Å². The Morgan fingerprint density at radius 3 is 2.50 bits per heavy atom. The average molecular weight is 285 g/mol. The topological polar surface area (TPSA) is 58.6 Å². The zero-order chi connectivity index (χ0) is 15.0. The lowest BCUT2D eigenvalue weighted by atomic mass is 9.79. The zero-order valence-electron chi connectivity index (χ0n) is 13.2. The Morgan fingerprint density at radius 2 is 1.95 bits per heavy atom. The summed E-state index contributed by atoms with van der Waals surface area (Å²) < 4.78 is 4.86. The van der Waals surface area contributed by atoms with Gasteiger partial charge >= 0.3 is 0 Å². The van der Waals surface area contributed by atoms with Crippen molar-refractivity contribution >= 4 is 5.91 Å². The molecule has 0 heterocycles. The summed E-state index contributed by atoms with van der Waals surface area (Å²) in [6, 6.07) is 0. The summed E-state index contributed by atoms with van der Waals surface area (Å²) in [4.78, 5) is 12.3. The van der Waals surface area contributed by atoms with Crippen LogP contribution in [0.1, 0.15) is 52.4 Å². The van der Waals surface area contributed by atoms with E-state index in [-0.39, 0.29) is 25.0 Å². The van der Waals surface area contributed by atoms with Gasteiger partial charge in [0.1, 0.15) is 0 Å². The van der Waals surface area contributed by atoms with Gasteiger partial charge in [-0.2, -0.15) is 0 Å². The molecule has 0 aliphatic heterocycles. The van der Waals surface area contributed by atoms with Gasteiger partial charge in [0, 0.05) is 19.6 Å². The fourth-order valence-electron chi connectivity index (χ4n) is 3.06. The summed E-state index contributed by atoms with van der Waals surface area (Å²) >= 11 is 0. The Balaban J connectivity index is 2.41. The van der Waals surface area contributed by atoms with Crippen LogP contribution < -0.4 is 5.32 Å². The molecule has 1 saturated carbocycles. The van der Waals surface area contributed by atoms with E-state index in [9.17, 15) is 9.90 Å². The van der Waals surface area contributed by atoms with E-state index in [4.69, 9.17) is 4.74 Å². The molecule has 2 atom stereocenters. The van der Waals surface area contributed by atoms with Crippen molar-refractivity contribution in [1.29, 1.82) is 0 Å². The normalized spacial score (nSPS) is 19.9. The van der Waals surface area contributed by atoms with Crippen LogP contribution in [0.15, 0.2) is 0 Å². The van der Waals surface area contributed by atoms with Gasteiger partial charge in [0.25, 0.3) is 0 Å². The summed E-state index contributed by atoms with van der Waals surface area (Å²) in [5.41, 5.74) is 0. The summed E-state index contributed by atoms with van der Waals surface area (Å²) in [6.07, 6.45) is 6.87. The molecule has 2 unspecified atom stereocenters. The van der Waals surface area contributed by atoms with Crippen LogP contribution in [0.5, 0.6) is 0 Å². The smallest absolute Gasteiger partial charge is 0.223 e. The van der Waals surface area contributed by atoms with Crippen LogP contribution in [-0.4, -0.2) is 37.4 Å². The van der Waals surface area contributed by atoms with Crippen LogP contribution >= 0.6 is 0 Å². The van der Waals surface area contributed by atoms with Crippen molar-refractivity contribution in [3.63, 3.8) is 0 Å². The van der Waals surface area contributed by atoms with E-state index in [1.807, 2.05) is 0 Å². The fourth-order valence-corrected chi connectivity index (χ4v) is 3.06. The van der Waals surface area contributed by atoms with Gasteiger partial charge < -0.3 is 15.2 Å². The third-order valence-electron chi connectivity index (χ3n) is 4.32. The molecule has 0 aromatic carbocycles. The standard InChI is InChI=1S/C16H31NO3/c1-12(2)15(9-13-7-5-4-6-8-13)16(19)17-10-14(18)11-20-3/h12-15,18H,4-11H2,1-3H3,(H,17,19). The van der Waals surface area contributed by atoms with Crippen LogP contribution in [0.25, 0.3) is 0 Å². The van der Waals surface area contributed by atoms with E-state index >= 15 is 0 Å². The quantitative estimate of drug-likeness (QED) is 0.720. The Hall–Kier alpha value is -0.610. The highest BCUT2D eigenvalue weighted by atomic mass is 16.5. The lowest BCUT2D eigenvalue weighted by Crippen LogP contribution is -2.40. The van der Waals surface area contributed by atoms with Gasteiger partial charge in [-0.05, 0) is 18.3 Å². The van der Waals surface area contributed by atoms with Crippen LogP contribution in [0.3, 0.4) is 0 Å². The highest BCUT2D eigenvalue weighted by Gasteiger charge is 2.27. The van der Waals surface area contributed by atoms with E-state index in [1.165, 1.54) is 32.1 Å². The highest BCUT2D eigenvalue weighted by molar-refractivity contribution is 5.78. The van der Waals surface area contributed by atoms with Crippen molar-refractivity contribution in [2.24, 2.45) is 17.8 Å². The van der Waals surface area contributed by atoms with Crippen molar-refractivity contribution in [1.82, 2.24) is 5.32 Å². The monoisotopic (exact) mass is 285 g/mol. The molecule has 118 valence electrons. The number of nitrogens with one attached hydrogen (secondary N) is 1. The molecule has 0 aromatic heterocycles. The van der Waals surface area contributed by atoms with Gasteiger partial charge in [0.05, 0.1) is 12.7 Å². The molecule has 4 heteroatoms. The van der Waals surface area contributed by atoms with Gasteiger partial charge in [-0.25, -0.2) is 0 Å². The molecule has 1 aliphatic carbocycles. The second kappa shape index (κ2) is 9.35. The molecule has 2 N–H and O–H groups in total. The number of methoxy groups -OCH3 is 1. The van der Waals surface area contributed by atoms with Crippen molar-refractivity contribution in [2.45, 2.75) is 58.5 Å². The minimum Gasteiger partial charge on any atom is -0.389 e. The molecule has 1 fully saturated rings. The molecule has 0 radical (unpaired) electrons. The minimum absolute atomic E-state index is 0.0628. The number of carbonyl (C=O) groups excluding carboxylic acids is 1. The lowest BCUT2D eigenvalue weighted by Gasteiger charge is -2.28. The molecule has 0 saturated heterocycles. The first-order chi connectivity index (χ1) is 9.54. The maximum Gasteiger partial charge on any atom is 0.223 e. The number of aliphatic hydroxyl groups excluding tert-OH is 1. The average Bonchev–Trinajstić information content (AvgIpc) is 2.43. The number of ether oxygens (including phenoxy) is 1. The number of amides is 1. The van der Waals surface area contributed by atoms with Crippen molar-refractivity contribution in [3.05, 3.63) is 0 Å².